The van der Waals surface area contributed by atoms with Gasteiger partial charge in [0.1, 0.15) is 6.17 Å². The van der Waals surface area contributed by atoms with Gasteiger partial charge in [0.15, 0.2) is 0 Å². The van der Waals surface area contributed by atoms with E-state index in [1.165, 1.54) is 6.42 Å². The van der Waals surface area contributed by atoms with E-state index in [1.54, 1.807) is 0 Å². The van der Waals surface area contributed by atoms with Gasteiger partial charge in [0, 0.05) is 6.54 Å². The molecule has 1 aliphatic rings. The Morgan fingerprint density at radius 1 is 1.45 bits per heavy atom. The molecule has 0 aromatic carbocycles. The number of nitrogens with zero attached hydrogens (tertiary/aromatic N) is 1. The molecule has 66 valence electrons. The van der Waals surface area contributed by atoms with Gasteiger partial charge >= 0.3 is 0 Å². The molecule has 1 saturated heterocycles. The normalized spacial score (nSPS) is 28.4. The topological polar surface area (TPSA) is 3.24 Å². The molecule has 0 aromatic rings. The van der Waals surface area contributed by atoms with Crippen LogP contribution in [-0.2, 0) is 0 Å². The second-order valence-electron chi connectivity index (χ2n) is 3.39. The Hall–Kier alpha value is -0.110. The Morgan fingerprint density at radius 2 is 2.27 bits per heavy atom. The van der Waals surface area contributed by atoms with E-state index in [1.807, 2.05) is 0 Å². The van der Waals surface area contributed by atoms with E-state index in [4.69, 9.17) is 0 Å². The second kappa shape index (κ2) is 4.70. The molecule has 0 aromatic heterocycles. The fraction of sp³-hybridized carbons (Fsp3) is 1.00. The highest BCUT2D eigenvalue weighted by Crippen LogP contribution is 2.12. The van der Waals surface area contributed by atoms with E-state index in [9.17, 15) is 4.39 Å². The molecule has 0 N–H and O–H groups in total. The third-order valence-electron chi connectivity index (χ3n) is 2.24. The van der Waals surface area contributed by atoms with Crippen LogP contribution >= 0.6 is 0 Å². The molecule has 1 aliphatic heterocycles. The van der Waals surface area contributed by atoms with Crippen LogP contribution in [0.5, 0.6) is 0 Å². The van der Waals surface area contributed by atoms with Crippen molar-refractivity contribution in [2.24, 2.45) is 0 Å². The zero-order valence-electron chi connectivity index (χ0n) is 7.35. The quantitative estimate of drug-likeness (QED) is 0.597. The molecule has 0 spiro atoms. The Morgan fingerprint density at radius 3 is 3.00 bits per heavy atom. The number of likely N-dealkylation sites (tertiary alicyclic amines) is 1. The molecule has 0 aliphatic carbocycles. The average Bonchev–Trinajstić information content (AvgIpc) is 2.15. The fourth-order valence-electron chi connectivity index (χ4n) is 1.68. The second-order valence-corrected chi connectivity index (χ2v) is 3.39. The van der Waals surface area contributed by atoms with E-state index >= 15 is 0 Å². The predicted molar refractivity (Wildman–Crippen MR) is 45.5 cm³/mol. The molecule has 1 rings (SSSR count). The molecule has 1 heterocycles. The van der Waals surface area contributed by atoms with E-state index in [0.717, 1.165) is 32.4 Å². The van der Waals surface area contributed by atoms with E-state index in [-0.39, 0.29) is 0 Å². The molecule has 0 saturated carbocycles. The Balaban J connectivity index is 2.27. The molecule has 1 fully saturated rings. The van der Waals surface area contributed by atoms with Crippen LogP contribution in [0.1, 0.15) is 32.6 Å². The van der Waals surface area contributed by atoms with Crippen molar-refractivity contribution in [1.82, 2.24) is 4.90 Å². The zero-order chi connectivity index (χ0) is 8.10. The van der Waals surface area contributed by atoms with Gasteiger partial charge in [-0.05, 0) is 38.8 Å². The lowest BCUT2D eigenvalue weighted by atomic mass is 10.2. The summed E-state index contributed by atoms with van der Waals surface area (Å²) in [7, 11) is 0. The number of hydrogen-bond acceptors (Lipinski definition) is 1. The van der Waals surface area contributed by atoms with Crippen molar-refractivity contribution in [3.8, 4) is 0 Å². The average molecular weight is 159 g/mol. The van der Waals surface area contributed by atoms with Gasteiger partial charge in [-0.25, -0.2) is 4.39 Å². The van der Waals surface area contributed by atoms with Crippen molar-refractivity contribution >= 4 is 0 Å². The number of alkyl halides is 1. The van der Waals surface area contributed by atoms with Crippen LogP contribution in [-0.4, -0.2) is 30.7 Å². The third-order valence-corrected chi connectivity index (χ3v) is 2.24. The Labute approximate surface area is 68.6 Å². The molecular weight excluding hydrogens is 141 g/mol. The first-order valence-electron chi connectivity index (χ1n) is 4.69. The summed E-state index contributed by atoms with van der Waals surface area (Å²) in [6.45, 7) is 5.00. The summed E-state index contributed by atoms with van der Waals surface area (Å²) < 4.78 is 13.0. The van der Waals surface area contributed by atoms with Crippen LogP contribution in [0, 0.1) is 0 Å². The monoisotopic (exact) mass is 159 g/mol. The van der Waals surface area contributed by atoms with Gasteiger partial charge in [-0.2, -0.15) is 0 Å². The summed E-state index contributed by atoms with van der Waals surface area (Å²) in [5.41, 5.74) is 0. The summed E-state index contributed by atoms with van der Waals surface area (Å²) in [6.07, 6.45) is 3.61. The molecule has 0 radical (unpaired) electrons. The van der Waals surface area contributed by atoms with Gasteiger partial charge in [0.25, 0.3) is 0 Å². The summed E-state index contributed by atoms with van der Waals surface area (Å²) in [4.78, 5) is 2.25. The van der Waals surface area contributed by atoms with Gasteiger partial charge in [-0.15, -0.1) is 0 Å². The van der Waals surface area contributed by atoms with Crippen LogP contribution in [0.4, 0.5) is 4.39 Å². The number of hydrogen-bond donors (Lipinski definition) is 0. The summed E-state index contributed by atoms with van der Waals surface area (Å²) in [5.74, 6) is 0. The van der Waals surface area contributed by atoms with E-state index in [2.05, 4.69) is 11.8 Å². The fourth-order valence-corrected chi connectivity index (χ4v) is 1.68. The highest BCUT2D eigenvalue weighted by molar-refractivity contribution is 4.69. The van der Waals surface area contributed by atoms with Crippen molar-refractivity contribution in [2.45, 2.75) is 38.8 Å². The van der Waals surface area contributed by atoms with Crippen LogP contribution in [0.2, 0.25) is 0 Å². The molecule has 0 bridgehead atoms. The highest BCUT2D eigenvalue weighted by Gasteiger charge is 2.15. The SMILES string of the molecule is CCCN1CCCCC(F)C1. The molecule has 1 nitrogen and oxygen atoms in total. The summed E-state index contributed by atoms with van der Waals surface area (Å²) in [6, 6.07) is 0. The standard InChI is InChI=1S/C9H18FN/c1-2-6-11-7-4-3-5-9(10)8-11/h9H,2-8H2,1H3. The van der Waals surface area contributed by atoms with Gasteiger partial charge in [0.2, 0.25) is 0 Å². The molecule has 1 atom stereocenters. The molecule has 2 heteroatoms. The number of rotatable bonds is 2. The van der Waals surface area contributed by atoms with Gasteiger partial charge < -0.3 is 4.90 Å². The minimum Gasteiger partial charge on any atom is -0.300 e. The van der Waals surface area contributed by atoms with Crippen molar-refractivity contribution in [2.75, 3.05) is 19.6 Å². The smallest absolute Gasteiger partial charge is 0.113 e. The van der Waals surface area contributed by atoms with Crippen LogP contribution in [0.25, 0.3) is 0 Å². The lowest BCUT2D eigenvalue weighted by Crippen LogP contribution is -2.29. The van der Waals surface area contributed by atoms with Crippen LogP contribution in [0.3, 0.4) is 0 Å². The molecule has 1 unspecified atom stereocenters. The van der Waals surface area contributed by atoms with Gasteiger partial charge in [-0.3, -0.25) is 0 Å². The highest BCUT2D eigenvalue weighted by atomic mass is 19.1. The number of halogens is 1. The Bertz CT molecular complexity index is 106. The Kier molecular flexibility index (Phi) is 3.84. The molecular formula is C9H18FN. The maximum atomic E-state index is 13.0. The van der Waals surface area contributed by atoms with E-state index in [0.29, 0.717) is 6.54 Å². The zero-order valence-corrected chi connectivity index (χ0v) is 7.35. The first kappa shape index (κ1) is 8.98. The van der Waals surface area contributed by atoms with Crippen molar-refractivity contribution in [3.05, 3.63) is 0 Å². The van der Waals surface area contributed by atoms with Crippen LogP contribution in [0.15, 0.2) is 0 Å². The minimum absolute atomic E-state index is 0.566. The lowest BCUT2D eigenvalue weighted by molar-refractivity contribution is 0.207. The van der Waals surface area contributed by atoms with Crippen molar-refractivity contribution in [3.63, 3.8) is 0 Å². The lowest BCUT2D eigenvalue weighted by Gasteiger charge is -2.19. The first-order valence-corrected chi connectivity index (χ1v) is 4.69. The van der Waals surface area contributed by atoms with Crippen LogP contribution < -0.4 is 0 Å². The predicted octanol–water partition coefficient (Wildman–Crippen LogP) is 2.22. The largest absolute Gasteiger partial charge is 0.300 e. The van der Waals surface area contributed by atoms with Gasteiger partial charge in [-0.1, -0.05) is 6.92 Å². The van der Waals surface area contributed by atoms with E-state index < -0.39 is 6.17 Å². The van der Waals surface area contributed by atoms with Gasteiger partial charge in [0.05, 0.1) is 0 Å². The summed E-state index contributed by atoms with van der Waals surface area (Å²) >= 11 is 0. The first-order chi connectivity index (χ1) is 5.33. The summed E-state index contributed by atoms with van der Waals surface area (Å²) in [5, 5.41) is 0. The maximum Gasteiger partial charge on any atom is 0.113 e. The maximum absolute atomic E-state index is 13.0. The third kappa shape index (κ3) is 3.19. The molecule has 11 heavy (non-hydrogen) atoms. The molecule has 0 amide bonds. The van der Waals surface area contributed by atoms with Crippen molar-refractivity contribution in [1.29, 1.82) is 0 Å². The van der Waals surface area contributed by atoms with Crippen molar-refractivity contribution < 1.29 is 4.39 Å². The minimum atomic E-state index is -0.566.